The Morgan fingerprint density at radius 1 is 0.615 bits per heavy atom. The Bertz CT molecular complexity index is 1530. The lowest BCUT2D eigenvalue weighted by Crippen LogP contribution is -2.42. The molecule has 5 rings (SSSR count). The maximum Gasteiger partial charge on any atom is 0.137 e. The lowest BCUT2D eigenvalue weighted by molar-refractivity contribution is -0.903. The summed E-state index contributed by atoms with van der Waals surface area (Å²) < 4.78 is 7.11. The number of hydrogen-bond acceptors (Lipinski definition) is 1. The van der Waals surface area contributed by atoms with Crippen molar-refractivity contribution >= 4 is 21.9 Å². The molecule has 0 bridgehead atoms. The van der Waals surface area contributed by atoms with Crippen molar-refractivity contribution in [3.63, 3.8) is 0 Å². The van der Waals surface area contributed by atoms with Gasteiger partial charge in [-0.2, -0.15) is 0 Å². The van der Waals surface area contributed by atoms with Crippen molar-refractivity contribution in [3.05, 3.63) is 150 Å². The topological polar surface area (TPSA) is 9.23 Å². The van der Waals surface area contributed by atoms with Crippen LogP contribution < -0.4 is 4.74 Å². The number of nitrogens with zero attached hydrogens (tertiary/aromatic N) is 1. The Kier molecular flexibility index (Phi) is 8.24. The highest BCUT2D eigenvalue weighted by Crippen LogP contribution is 2.35. The van der Waals surface area contributed by atoms with Crippen LogP contribution in [0.3, 0.4) is 0 Å². The van der Waals surface area contributed by atoms with Crippen LogP contribution in [0.15, 0.2) is 127 Å². The van der Waals surface area contributed by atoms with Crippen molar-refractivity contribution in [2.75, 3.05) is 27.2 Å². The van der Waals surface area contributed by atoms with Crippen molar-refractivity contribution in [2.24, 2.45) is 0 Å². The lowest BCUT2D eigenvalue weighted by Gasteiger charge is -2.30. The van der Waals surface area contributed by atoms with Gasteiger partial charge in [-0.05, 0) is 57.2 Å². The molecule has 0 aliphatic heterocycles. The molecule has 196 valence electrons. The monoisotopic (exact) mass is 512 g/mol. The summed E-state index contributed by atoms with van der Waals surface area (Å²) >= 11 is 0. The number of quaternary nitrogens is 1. The number of hydrogen-bond donors (Lipinski definition) is 0. The summed E-state index contributed by atoms with van der Waals surface area (Å²) in [6.07, 6.45) is 0.955. The summed E-state index contributed by atoms with van der Waals surface area (Å²) in [4.78, 5) is 0. The zero-order valence-corrected chi connectivity index (χ0v) is 23.3. The normalized spacial score (nSPS) is 12.3. The van der Waals surface area contributed by atoms with E-state index in [9.17, 15) is 0 Å². The first-order valence-corrected chi connectivity index (χ1v) is 13.9. The van der Waals surface area contributed by atoms with Gasteiger partial charge in [0.25, 0.3) is 0 Å². The van der Waals surface area contributed by atoms with Gasteiger partial charge in [0.2, 0.25) is 0 Å². The van der Waals surface area contributed by atoms with Crippen molar-refractivity contribution < 1.29 is 9.22 Å². The molecule has 0 aromatic heterocycles. The predicted octanol–water partition coefficient (Wildman–Crippen LogP) is 8.86. The second-order valence-electron chi connectivity index (χ2n) is 10.8. The molecule has 5 aromatic rings. The van der Waals surface area contributed by atoms with Crippen molar-refractivity contribution in [2.45, 2.75) is 19.9 Å². The molecular formula is C37H38NO+. The van der Waals surface area contributed by atoms with Gasteiger partial charge in [0.1, 0.15) is 25.4 Å². The quantitative estimate of drug-likeness (QED) is 0.134. The number of allylic oxidation sites excluding steroid dienone is 1. The number of benzene rings is 5. The van der Waals surface area contributed by atoms with Crippen LogP contribution in [0.25, 0.3) is 21.9 Å². The molecule has 0 saturated heterocycles. The summed E-state index contributed by atoms with van der Waals surface area (Å²) in [5.74, 6) is 0.911. The summed E-state index contributed by atoms with van der Waals surface area (Å²) in [6.45, 7) is 4.80. The van der Waals surface area contributed by atoms with Crippen LogP contribution in [0.5, 0.6) is 5.75 Å². The summed E-state index contributed by atoms with van der Waals surface area (Å²) in [5, 5.41) is 2.64. The van der Waals surface area contributed by atoms with Crippen LogP contribution in [0.1, 0.15) is 35.6 Å². The first-order valence-electron chi connectivity index (χ1n) is 13.9. The van der Waals surface area contributed by atoms with Crippen molar-refractivity contribution in [1.82, 2.24) is 0 Å². The minimum absolute atomic E-state index is 0.669. The van der Waals surface area contributed by atoms with Crippen molar-refractivity contribution in [1.29, 1.82) is 0 Å². The van der Waals surface area contributed by atoms with Crippen LogP contribution in [-0.4, -0.2) is 31.7 Å². The van der Waals surface area contributed by atoms with E-state index in [4.69, 9.17) is 4.74 Å². The van der Waals surface area contributed by atoms with E-state index in [1.807, 2.05) is 0 Å². The summed E-state index contributed by atoms with van der Waals surface area (Å²) in [6, 6.07) is 45.3. The van der Waals surface area contributed by atoms with Crippen LogP contribution in [0, 0.1) is 0 Å². The maximum absolute atomic E-state index is 6.25. The third kappa shape index (κ3) is 6.47. The van der Waals surface area contributed by atoms with Gasteiger partial charge in [-0.15, -0.1) is 0 Å². The molecule has 0 heterocycles. The Labute approximate surface area is 233 Å². The molecule has 0 aliphatic rings. The maximum atomic E-state index is 6.25. The van der Waals surface area contributed by atoms with Crippen LogP contribution in [-0.2, 0) is 6.54 Å². The highest BCUT2D eigenvalue weighted by atomic mass is 16.5. The molecular weight excluding hydrogens is 474 g/mol. The summed E-state index contributed by atoms with van der Waals surface area (Å²) in [7, 11) is 4.56. The van der Waals surface area contributed by atoms with Crippen LogP contribution in [0.4, 0.5) is 0 Å². The van der Waals surface area contributed by atoms with Gasteiger partial charge in [0, 0.05) is 5.56 Å². The molecule has 0 aliphatic carbocycles. The molecule has 0 spiro atoms. The third-order valence-corrected chi connectivity index (χ3v) is 7.43. The Morgan fingerprint density at radius 2 is 1.21 bits per heavy atom. The Hall–Kier alpha value is -4.14. The molecule has 5 aromatic carbocycles. The van der Waals surface area contributed by atoms with E-state index in [1.54, 1.807) is 0 Å². The van der Waals surface area contributed by atoms with Gasteiger partial charge in [0.15, 0.2) is 0 Å². The van der Waals surface area contributed by atoms with Crippen LogP contribution in [0.2, 0.25) is 0 Å². The van der Waals surface area contributed by atoms with Crippen molar-refractivity contribution in [3.8, 4) is 5.75 Å². The Balaban J connectivity index is 1.31. The third-order valence-electron chi connectivity index (χ3n) is 7.43. The second-order valence-corrected chi connectivity index (χ2v) is 10.8. The van der Waals surface area contributed by atoms with Gasteiger partial charge < -0.3 is 9.22 Å². The van der Waals surface area contributed by atoms with Gasteiger partial charge in [-0.3, -0.25) is 0 Å². The minimum Gasteiger partial charge on any atom is -0.488 e. The molecule has 39 heavy (non-hydrogen) atoms. The van der Waals surface area contributed by atoms with E-state index in [1.165, 1.54) is 44.2 Å². The van der Waals surface area contributed by atoms with E-state index in [0.29, 0.717) is 6.61 Å². The van der Waals surface area contributed by atoms with E-state index in [0.717, 1.165) is 29.7 Å². The highest BCUT2D eigenvalue weighted by molar-refractivity contribution is 5.98. The predicted molar refractivity (Wildman–Crippen MR) is 166 cm³/mol. The fourth-order valence-corrected chi connectivity index (χ4v) is 5.38. The molecule has 2 nitrogen and oxygen atoms in total. The van der Waals surface area contributed by atoms with Gasteiger partial charge in [0.05, 0.1) is 14.1 Å². The fraction of sp³-hybridized carbons (Fsp3) is 0.189. The molecule has 0 unspecified atom stereocenters. The first kappa shape index (κ1) is 26.5. The standard InChI is InChI=1S/C37H38NO/c1-4-35(29-14-7-5-8-15-29)37(31-17-9-6-10-18-31)32-22-24-34(25-23-32)39-27-26-38(2,3)28-33-20-13-19-30-16-11-12-21-36(30)33/h5-25H,4,26-28H2,1-3H3/q+1/b37-35-. The number of ether oxygens (including phenoxy) is 1. The average molecular weight is 513 g/mol. The lowest BCUT2D eigenvalue weighted by atomic mass is 9.88. The molecule has 0 atom stereocenters. The number of rotatable bonds is 10. The SMILES string of the molecule is CC/C(=C(\c1ccccc1)c1ccc(OCC[N+](C)(C)Cc2cccc3ccccc23)cc1)c1ccccc1. The Morgan fingerprint density at radius 3 is 1.90 bits per heavy atom. The number of fused-ring (bicyclic) bond motifs is 1. The van der Waals surface area contributed by atoms with E-state index >= 15 is 0 Å². The number of likely N-dealkylation sites (N-methyl/N-ethyl adjacent to an activating group) is 1. The first-order chi connectivity index (χ1) is 19.0. The second kappa shape index (κ2) is 12.1. The largest absolute Gasteiger partial charge is 0.488 e. The van der Waals surface area contributed by atoms with E-state index in [2.05, 4.69) is 148 Å². The minimum atomic E-state index is 0.669. The zero-order chi connectivity index (χ0) is 27.1. The van der Waals surface area contributed by atoms with Gasteiger partial charge in [-0.1, -0.05) is 122 Å². The van der Waals surface area contributed by atoms with E-state index in [-0.39, 0.29) is 0 Å². The molecule has 0 radical (unpaired) electrons. The van der Waals surface area contributed by atoms with Gasteiger partial charge in [-0.25, -0.2) is 0 Å². The molecule has 0 N–H and O–H groups in total. The summed E-state index contributed by atoms with van der Waals surface area (Å²) in [5.41, 5.74) is 7.73. The highest BCUT2D eigenvalue weighted by Gasteiger charge is 2.18. The smallest absolute Gasteiger partial charge is 0.137 e. The molecule has 0 saturated carbocycles. The fourth-order valence-electron chi connectivity index (χ4n) is 5.38. The van der Waals surface area contributed by atoms with E-state index < -0.39 is 0 Å². The zero-order valence-electron chi connectivity index (χ0n) is 23.3. The average Bonchev–Trinajstić information content (AvgIpc) is 2.97. The van der Waals surface area contributed by atoms with Gasteiger partial charge >= 0.3 is 0 Å². The van der Waals surface area contributed by atoms with Crippen LogP contribution >= 0.6 is 0 Å². The molecule has 0 fully saturated rings. The molecule has 2 heteroatoms. The molecule has 0 amide bonds.